The van der Waals surface area contributed by atoms with Gasteiger partial charge in [0.05, 0.1) is 6.04 Å². The van der Waals surface area contributed by atoms with Crippen LogP contribution < -0.4 is 5.14 Å². The van der Waals surface area contributed by atoms with Crippen LogP contribution in [-0.2, 0) is 14.7 Å². The summed E-state index contributed by atoms with van der Waals surface area (Å²) < 4.78 is 24.1. The number of hydrogen-bond acceptors (Lipinski definition) is 5. The van der Waals surface area contributed by atoms with Crippen LogP contribution in [-0.4, -0.2) is 36.1 Å². The van der Waals surface area contributed by atoms with Crippen molar-refractivity contribution in [1.29, 1.82) is 0 Å². The van der Waals surface area contributed by atoms with Crippen LogP contribution in [0.2, 0.25) is 18.1 Å². The minimum absolute atomic E-state index is 0.0391. The topological polar surface area (TPSA) is 85.0 Å². The number of carbonyl (C=O) groups is 1. The van der Waals surface area contributed by atoms with Crippen molar-refractivity contribution in [2.45, 2.75) is 88.4 Å². The van der Waals surface area contributed by atoms with Gasteiger partial charge in [-0.15, -0.1) is 11.3 Å². The van der Waals surface area contributed by atoms with Gasteiger partial charge in [0, 0.05) is 11.9 Å². The second kappa shape index (κ2) is 7.98. The third kappa shape index (κ3) is 6.05. The molecule has 0 aromatic carbocycles. The molecule has 0 spiro atoms. The summed E-state index contributed by atoms with van der Waals surface area (Å²) >= 11 is 1.41. The summed E-state index contributed by atoms with van der Waals surface area (Å²) in [7, 11) is -3.37. The van der Waals surface area contributed by atoms with Crippen molar-refractivity contribution < 1.29 is 13.7 Å². The van der Waals surface area contributed by atoms with E-state index in [1.807, 2.05) is 32.9 Å². The lowest BCUT2D eigenvalue weighted by atomic mass is 10.1. The molecule has 2 rings (SSSR count). The summed E-state index contributed by atoms with van der Waals surface area (Å²) in [4.78, 5) is 15.3. The highest BCUT2D eigenvalue weighted by molar-refractivity contribution is 7.94. The predicted octanol–water partition coefficient (Wildman–Crippen LogP) is 5.77. The number of nitrogens with two attached hydrogens (primary N) is 1. The molecule has 1 saturated carbocycles. The van der Waals surface area contributed by atoms with E-state index in [-0.39, 0.29) is 17.2 Å². The Bertz CT molecular complexity index is 870. The Labute approximate surface area is 181 Å². The molecular weight excluding hydrogens is 422 g/mol. The Morgan fingerprint density at radius 2 is 1.83 bits per heavy atom. The van der Waals surface area contributed by atoms with Crippen LogP contribution in [0.15, 0.2) is 20.4 Å². The first-order chi connectivity index (χ1) is 12.9. The van der Waals surface area contributed by atoms with Gasteiger partial charge >= 0.3 is 6.09 Å². The van der Waals surface area contributed by atoms with Crippen molar-refractivity contribution in [1.82, 2.24) is 4.90 Å². The number of carbonyl (C=O) groups excluding carboxylic acids is 1. The standard InChI is InChI=1S/C20H37N3O3S2Si/c1-19(2,3)26-18(24)23(7)17(14-10-11-14)15-12-13-16(27-15)28(21,25)22-29(8,9)20(4,5)6/h12-14,17H,10-11H2,1-9H3,(H2,21,22,25). The van der Waals surface area contributed by atoms with E-state index in [4.69, 9.17) is 13.9 Å². The minimum atomic E-state index is -2.97. The summed E-state index contributed by atoms with van der Waals surface area (Å²) in [5.74, 6) is 0.394. The van der Waals surface area contributed by atoms with E-state index >= 15 is 0 Å². The minimum Gasteiger partial charge on any atom is -0.444 e. The number of rotatable bonds is 5. The van der Waals surface area contributed by atoms with Crippen molar-refractivity contribution >= 4 is 35.6 Å². The van der Waals surface area contributed by atoms with E-state index in [2.05, 4.69) is 33.9 Å². The van der Waals surface area contributed by atoms with Crippen LogP contribution in [0.3, 0.4) is 0 Å². The second-order valence-corrected chi connectivity index (χ2v) is 18.8. The van der Waals surface area contributed by atoms with Crippen molar-refractivity contribution in [2.24, 2.45) is 15.1 Å². The lowest BCUT2D eigenvalue weighted by Gasteiger charge is -2.32. The molecule has 2 unspecified atom stereocenters. The van der Waals surface area contributed by atoms with E-state index in [0.717, 1.165) is 17.7 Å². The Morgan fingerprint density at radius 1 is 1.28 bits per heavy atom. The SMILES string of the molecule is CN(C(=O)OC(C)(C)C)C(c1ccc(S(N)(=O)=N[Si](C)(C)C(C)(C)C)s1)C1CC1. The third-order valence-corrected chi connectivity index (χ3v) is 14.8. The Balaban J connectivity index is 2.35. The van der Waals surface area contributed by atoms with Crippen LogP contribution in [0.1, 0.15) is 65.3 Å². The van der Waals surface area contributed by atoms with Crippen LogP contribution in [0.5, 0.6) is 0 Å². The molecule has 0 bridgehead atoms. The molecule has 1 amide bonds. The third-order valence-electron chi connectivity index (χ3n) is 5.55. The van der Waals surface area contributed by atoms with Gasteiger partial charge in [-0.2, -0.15) is 0 Å². The number of thiophene rings is 1. The van der Waals surface area contributed by atoms with Gasteiger partial charge in [0.25, 0.3) is 0 Å². The van der Waals surface area contributed by atoms with Crippen molar-refractivity contribution in [2.75, 3.05) is 7.05 Å². The molecule has 166 valence electrons. The average molecular weight is 460 g/mol. The van der Waals surface area contributed by atoms with E-state index in [9.17, 15) is 9.00 Å². The van der Waals surface area contributed by atoms with Crippen LogP contribution in [0.25, 0.3) is 0 Å². The maximum Gasteiger partial charge on any atom is 0.410 e. The van der Waals surface area contributed by atoms with Gasteiger partial charge in [-0.3, -0.25) is 4.03 Å². The molecular formula is C20H37N3O3S2Si. The largest absolute Gasteiger partial charge is 0.444 e. The Morgan fingerprint density at radius 3 is 2.28 bits per heavy atom. The molecule has 2 atom stereocenters. The zero-order chi connectivity index (χ0) is 22.4. The highest BCUT2D eigenvalue weighted by Crippen LogP contribution is 2.47. The molecule has 9 heteroatoms. The first-order valence-electron chi connectivity index (χ1n) is 10.1. The number of nitrogens with zero attached hydrogens (tertiary/aromatic N) is 2. The van der Waals surface area contributed by atoms with Crippen LogP contribution in [0.4, 0.5) is 4.79 Å². The highest BCUT2D eigenvalue weighted by atomic mass is 32.2. The summed E-state index contributed by atoms with van der Waals surface area (Å²) in [6, 6.07) is 3.67. The van der Waals surface area contributed by atoms with E-state index < -0.39 is 23.8 Å². The van der Waals surface area contributed by atoms with Gasteiger partial charge in [0.15, 0.2) is 8.24 Å². The Kier molecular flexibility index (Phi) is 6.70. The molecule has 29 heavy (non-hydrogen) atoms. The molecule has 1 aliphatic rings. The van der Waals surface area contributed by atoms with Crippen molar-refractivity contribution in [3.05, 3.63) is 17.0 Å². The highest BCUT2D eigenvalue weighted by Gasteiger charge is 2.40. The molecule has 1 heterocycles. The van der Waals surface area contributed by atoms with Crippen LogP contribution in [0, 0.1) is 5.92 Å². The molecule has 1 aromatic heterocycles. The summed E-state index contributed by atoms with van der Waals surface area (Å²) in [6.07, 6.45) is 1.79. The van der Waals surface area contributed by atoms with Crippen molar-refractivity contribution in [3.63, 3.8) is 0 Å². The second-order valence-electron chi connectivity index (χ2n) is 10.5. The fraction of sp³-hybridized carbons (Fsp3) is 0.750. The molecule has 2 N–H and O–H groups in total. The normalized spacial score (nSPS) is 18.7. The molecule has 1 aromatic rings. The number of amides is 1. The molecule has 0 saturated heterocycles. The van der Waals surface area contributed by atoms with E-state index in [1.165, 1.54) is 11.3 Å². The maximum absolute atomic E-state index is 13.3. The van der Waals surface area contributed by atoms with Gasteiger partial charge in [0.2, 0.25) is 0 Å². The predicted molar refractivity (Wildman–Crippen MR) is 124 cm³/mol. The maximum atomic E-state index is 13.3. The van der Waals surface area contributed by atoms with E-state index in [1.54, 1.807) is 11.9 Å². The molecule has 1 fully saturated rings. The lowest BCUT2D eigenvalue weighted by Crippen LogP contribution is -2.37. The van der Waals surface area contributed by atoms with Crippen LogP contribution >= 0.6 is 11.3 Å². The fourth-order valence-corrected chi connectivity index (χ4v) is 9.28. The van der Waals surface area contributed by atoms with Gasteiger partial charge in [0.1, 0.15) is 19.7 Å². The zero-order valence-corrected chi connectivity index (χ0v) is 21.9. The summed E-state index contributed by atoms with van der Waals surface area (Å²) in [5.41, 5.74) is -0.548. The first-order valence-corrected chi connectivity index (χ1v) is 15.4. The smallest absolute Gasteiger partial charge is 0.410 e. The van der Waals surface area contributed by atoms with E-state index in [0.29, 0.717) is 10.1 Å². The fourth-order valence-electron chi connectivity index (χ4n) is 2.77. The van der Waals surface area contributed by atoms with Gasteiger partial charge < -0.3 is 9.64 Å². The molecule has 0 aliphatic heterocycles. The zero-order valence-electron chi connectivity index (χ0n) is 19.2. The summed E-state index contributed by atoms with van der Waals surface area (Å²) in [6.45, 7) is 16.1. The van der Waals surface area contributed by atoms with Gasteiger partial charge in [-0.05, 0) is 69.8 Å². The average Bonchev–Trinajstić information content (AvgIpc) is 3.18. The van der Waals surface area contributed by atoms with Gasteiger partial charge in [-0.1, -0.05) is 20.8 Å². The molecule has 0 radical (unpaired) electrons. The molecule has 1 aliphatic carbocycles. The lowest BCUT2D eigenvalue weighted by molar-refractivity contribution is 0.0202. The number of ether oxygens (including phenoxy) is 1. The summed E-state index contributed by atoms with van der Waals surface area (Å²) in [5, 5.41) is 6.21. The van der Waals surface area contributed by atoms with Gasteiger partial charge in [-0.25, -0.2) is 14.1 Å². The molecule has 6 nitrogen and oxygen atoms in total. The first kappa shape index (κ1) is 24.4. The van der Waals surface area contributed by atoms with Crippen molar-refractivity contribution in [3.8, 4) is 0 Å². The number of hydrogen-bond donors (Lipinski definition) is 1. The monoisotopic (exact) mass is 459 g/mol. The quantitative estimate of drug-likeness (QED) is 0.567. The Hall–Kier alpha value is -0.903.